The van der Waals surface area contributed by atoms with E-state index >= 15 is 0 Å². The van der Waals surface area contributed by atoms with Crippen molar-refractivity contribution in [2.75, 3.05) is 30.9 Å². The third-order valence-electron chi connectivity index (χ3n) is 4.62. The number of hydrogen-bond donors (Lipinski definition) is 2. The fourth-order valence-electron chi connectivity index (χ4n) is 3.21. The van der Waals surface area contributed by atoms with Crippen LogP contribution in [0, 0.1) is 5.92 Å². The number of likely N-dealkylation sites (tertiary alicyclic amines) is 1. The number of aromatic nitrogens is 2. The summed E-state index contributed by atoms with van der Waals surface area (Å²) in [7, 11) is 1.54. The Morgan fingerprint density at radius 2 is 1.93 bits per heavy atom. The van der Waals surface area contributed by atoms with E-state index in [9.17, 15) is 22.8 Å². The van der Waals surface area contributed by atoms with Gasteiger partial charge in [0.15, 0.2) is 5.16 Å². The highest BCUT2D eigenvalue weighted by atomic mass is 32.2. The molecule has 29 heavy (non-hydrogen) atoms. The van der Waals surface area contributed by atoms with Gasteiger partial charge in [-0.1, -0.05) is 23.9 Å². The number of amides is 2. The highest BCUT2D eigenvalue weighted by molar-refractivity contribution is 7.98. The molecule has 0 spiro atoms. The molecule has 0 unspecified atom stereocenters. The maximum absolute atomic E-state index is 12.8. The predicted octanol–water partition coefficient (Wildman–Crippen LogP) is 2.61. The summed E-state index contributed by atoms with van der Waals surface area (Å²) in [6.07, 6.45) is -2.71. The molecule has 0 saturated carbocycles. The van der Waals surface area contributed by atoms with Crippen LogP contribution in [0.4, 0.5) is 24.8 Å². The van der Waals surface area contributed by atoms with E-state index in [0.717, 1.165) is 12.1 Å². The van der Waals surface area contributed by atoms with Crippen LogP contribution in [-0.4, -0.2) is 46.5 Å². The van der Waals surface area contributed by atoms with E-state index in [1.165, 1.54) is 34.9 Å². The number of carbonyl (C=O) groups is 2. The van der Waals surface area contributed by atoms with Crippen LogP contribution in [0.15, 0.2) is 35.5 Å². The molecule has 1 saturated heterocycles. The molecular weight excluding hydrogens is 407 g/mol. The normalized spacial score (nSPS) is 19.5. The number of likely N-dealkylation sites (N-methyl/N-ethyl adjacent to an activating group) is 1. The fourth-order valence-corrected chi connectivity index (χ4v) is 3.60. The lowest BCUT2D eigenvalue weighted by molar-refractivity contribution is -0.138. The topological polar surface area (TPSA) is 101 Å². The first-order valence-corrected chi connectivity index (χ1v) is 9.74. The van der Waals surface area contributed by atoms with E-state index in [1.54, 1.807) is 13.3 Å². The van der Waals surface area contributed by atoms with Crippen molar-refractivity contribution in [3.63, 3.8) is 0 Å². The molecule has 2 amide bonds. The molecule has 2 aromatic rings. The van der Waals surface area contributed by atoms with Gasteiger partial charge in [0.2, 0.25) is 11.8 Å². The monoisotopic (exact) mass is 425 g/mol. The molecule has 2 heterocycles. The number of nitrogens with one attached hydrogen (secondary N) is 1. The summed E-state index contributed by atoms with van der Waals surface area (Å²) in [6.45, 7) is 0.213. The van der Waals surface area contributed by atoms with Gasteiger partial charge in [0.25, 0.3) is 0 Å². The number of nitrogens with zero attached hydrogens (tertiary/aromatic N) is 3. The van der Waals surface area contributed by atoms with Crippen molar-refractivity contribution >= 4 is 35.2 Å². The molecule has 0 bridgehead atoms. The van der Waals surface area contributed by atoms with Crippen molar-refractivity contribution in [3.8, 4) is 0 Å². The van der Waals surface area contributed by atoms with Gasteiger partial charge in [-0.05, 0) is 24.0 Å². The largest absolute Gasteiger partial charge is 0.416 e. The first-order chi connectivity index (χ1) is 13.6. The van der Waals surface area contributed by atoms with Crippen LogP contribution in [0.25, 0.3) is 0 Å². The van der Waals surface area contributed by atoms with Crippen molar-refractivity contribution in [2.45, 2.75) is 17.3 Å². The van der Waals surface area contributed by atoms with E-state index in [-0.39, 0.29) is 18.2 Å². The molecular formula is C18H18F3N5O2S. The number of carbonyl (C=O) groups excluding carboxylic acids is 2. The number of halogens is 3. The van der Waals surface area contributed by atoms with E-state index in [2.05, 4.69) is 15.3 Å². The van der Waals surface area contributed by atoms with Gasteiger partial charge in [-0.3, -0.25) is 9.59 Å². The van der Waals surface area contributed by atoms with E-state index < -0.39 is 35.4 Å². The van der Waals surface area contributed by atoms with E-state index in [4.69, 9.17) is 5.73 Å². The Bertz CT molecular complexity index is 936. The van der Waals surface area contributed by atoms with Gasteiger partial charge >= 0.3 is 6.18 Å². The quantitative estimate of drug-likeness (QED) is 0.444. The summed E-state index contributed by atoms with van der Waals surface area (Å²) in [6, 6.07) is 5.86. The lowest BCUT2D eigenvalue weighted by Crippen LogP contribution is -2.33. The minimum Gasteiger partial charge on any atom is -0.383 e. The molecule has 0 radical (unpaired) electrons. The number of nitrogen functional groups attached to an aromatic ring is 1. The summed E-state index contributed by atoms with van der Waals surface area (Å²) >= 11 is 1.24. The maximum atomic E-state index is 12.8. The Morgan fingerprint density at radius 3 is 2.52 bits per heavy atom. The van der Waals surface area contributed by atoms with Gasteiger partial charge in [0, 0.05) is 25.6 Å². The number of anilines is 2. The van der Waals surface area contributed by atoms with Crippen LogP contribution >= 0.6 is 11.8 Å². The van der Waals surface area contributed by atoms with Crippen LogP contribution in [0.1, 0.15) is 17.0 Å². The Morgan fingerprint density at radius 1 is 1.28 bits per heavy atom. The Labute approximate surface area is 168 Å². The second-order valence-corrected chi connectivity index (χ2v) is 7.35. The zero-order chi connectivity index (χ0) is 21.3. The number of nitrogens with two attached hydrogens (primary N) is 1. The van der Waals surface area contributed by atoms with Crippen LogP contribution in [0.2, 0.25) is 0 Å². The zero-order valence-corrected chi connectivity index (χ0v) is 16.3. The molecule has 1 aromatic carbocycles. The third kappa shape index (κ3) is 4.44. The van der Waals surface area contributed by atoms with E-state index in [0.29, 0.717) is 10.7 Å². The summed E-state index contributed by atoms with van der Waals surface area (Å²) in [5, 5.41) is 2.93. The number of hydrogen-bond acceptors (Lipinski definition) is 6. The lowest BCUT2D eigenvalue weighted by Gasteiger charge is -2.17. The van der Waals surface area contributed by atoms with Crippen molar-refractivity contribution in [1.29, 1.82) is 0 Å². The van der Waals surface area contributed by atoms with Crippen LogP contribution < -0.4 is 11.1 Å². The smallest absolute Gasteiger partial charge is 0.383 e. The molecule has 7 nitrogen and oxygen atoms in total. The maximum Gasteiger partial charge on any atom is 0.416 e. The third-order valence-corrected chi connectivity index (χ3v) is 5.17. The summed E-state index contributed by atoms with van der Waals surface area (Å²) in [5.74, 6) is -2.39. The number of rotatable bonds is 4. The van der Waals surface area contributed by atoms with Crippen molar-refractivity contribution in [2.24, 2.45) is 5.92 Å². The Balaban J connectivity index is 1.86. The van der Waals surface area contributed by atoms with Gasteiger partial charge in [-0.2, -0.15) is 13.2 Å². The first kappa shape index (κ1) is 20.9. The summed E-state index contributed by atoms with van der Waals surface area (Å²) in [4.78, 5) is 34.9. The molecule has 2 atom stereocenters. The second-order valence-electron chi connectivity index (χ2n) is 6.58. The van der Waals surface area contributed by atoms with Crippen molar-refractivity contribution in [1.82, 2.24) is 14.9 Å². The SMILES string of the molecule is CSc1nc(N)cc(NC(=O)[C@@H]2C(=O)N(C)C[C@H]2c2ccc(C(F)(F)F)cc2)n1. The number of thioether (sulfide) groups is 1. The summed E-state index contributed by atoms with van der Waals surface area (Å²) in [5.41, 5.74) is 5.38. The first-order valence-electron chi connectivity index (χ1n) is 8.51. The highest BCUT2D eigenvalue weighted by Crippen LogP contribution is 2.36. The fraction of sp³-hybridized carbons (Fsp3) is 0.333. The predicted molar refractivity (Wildman–Crippen MR) is 102 cm³/mol. The van der Waals surface area contributed by atoms with Gasteiger partial charge in [0.05, 0.1) is 5.56 Å². The molecule has 3 N–H and O–H groups in total. The van der Waals surface area contributed by atoms with Crippen molar-refractivity contribution < 1.29 is 22.8 Å². The standard InChI is InChI=1S/C18H18F3N5O2S/c1-26-8-11(9-3-5-10(6-4-9)18(19,20)21)14(16(26)28)15(27)24-13-7-12(22)23-17(25-13)29-2/h3-7,11,14H,8H2,1-2H3,(H3,22,23,24,25,27)/t11-,14+/m0/s1. The van der Waals surface area contributed by atoms with Crippen molar-refractivity contribution in [3.05, 3.63) is 41.5 Å². The van der Waals surface area contributed by atoms with Gasteiger partial charge in [0.1, 0.15) is 17.6 Å². The zero-order valence-electron chi connectivity index (χ0n) is 15.5. The average Bonchev–Trinajstić information content (AvgIpc) is 2.95. The molecule has 154 valence electrons. The summed E-state index contributed by atoms with van der Waals surface area (Å²) < 4.78 is 38.4. The number of alkyl halides is 3. The van der Waals surface area contributed by atoms with Crippen LogP contribution in [0.3, 0.4) is 0 Å². The van der Waals surface area contributed by atoms with E-state index in [1.807, 2.05) is 0 Å². The van der Waals surface area contributed by atoms with Gasteiger partial charge in [-0.25, -0.2) is 9.97 Å². The molecule has 11 heteroatoms. The average molecular weight is 425 g/mol. The number of benzene rings is 1. The highest BCUT2D eigenvalue weighted by Gasteiger charge is 2.44. The molecule has 1 fully saturated rings. The minimum atomic E-state index is -4.46. The minimum absolute atomic E-state index is 0.153. The van der Waals surface area contributed by atoms with Crippen LogP contribution in [-0.2, 0) is 15.8 Å². The lowest BCUT2D eigenvalue weighted by atomic mass is 9.87. The molecule has 1 aliphatic rings. The Hall–Kier alpha value is -2.82. The second kappa shape index (κ2) is 7.90. The Kier molecular flexibility index (Phi) is 5.69. The molecule has 1 aliphatic heterocycles. The molecule has 3 rings (SSSR count). The molecule has 1 aromatic heterocycles. The van der Waals surface area contributed by atoms with Crippen LogP contribution in [0.5, 0.6) is 0 Å². The van der Waals surface area contributed by atoms with Gasteiger partial charge in [-0.15, -0.1) is 0 Å². The van der Waals surface area contributed by atoms with Gasteiger partial charge < -0.3 is 16.0 Å². The molecule has 0 aliphatic carbocycles.